The summed E-state index contributed by atoms with van der Waals surface area (Å²) in [7, 11) is 1.64. The normalized spacial score (nSPS) is 12.3. The monoisotopic (exact) mass is 284 g/mol. The summed E-state index contributed by atoms with van der Waals surface area (Å²) >= 11 is 0. The van der Waals surface area contributed by atoms with Gasteiger partial charge in [-0.25, -0.2) is 4.98 Å². The van der Waals surface area contributed by atoms with Gasteiger partial charge in [-0.1, -0.05) is 0 Å². The Kier molecular flexibility index (Phi) is 8.90. The summed E-state index contributed by atoms with van der Waals surface area (Å²) in [6.45, 7) is 5.16. The van der Waals surface area contributed by atoms with E-state index >= 15 is 0 Å². The third-order valence-electron chi connectivity index (χ3n) is 2.57. The Labute approximate surface area is 120 Å². The minimum Gasteiger partial charge on any atom is -0.475 e. The van der Waals surface area contributed by atoms with E-state index in [1.54, 1.807) is 13.3 Å². The molecular formula is C14H24N2O4. The molecule has 0 spiro atoms. The highest BCUT2D eigenvalue weighted by Gasteiger charge is 2.02. The molecule has 0 radical (unpaired) electrons. The second-order valence-electron chi connectivity index (χ2n) is 4.28. The van der Waals surface area contributed by atoms with Gasteiger partial charge in [0.05, 0.1) is 33.0 Å². The number of methoxy groups -OCH3 is 1. The van der Waals surface area contributed by atoms with Crippen LogP contribution in [0.1, 0.15) is 18.5 Å². The lowest BCUT2D eigenvalue weighted by atomic mass is 10.1. The second kappa shape index (κ2) is 10.6. The molecule has 0 aromatic carbocycles. The zero-order valence-corrected chi connectivity index (χ0v) is 12.2. The van der Waals surface area contributed by atoms with Crippen LogP contribution >= 0.6 is 0 Å². The van der Waals surface area contributed by atoms with Gasteiger partial charge in [-0.15, -0.1) is 0 Å². The largest absolute Gasteiger partial charge is 0.475 e. The predicted octanol–water partition coefficient (Wildman–Crippen LogP) is 1.16. The maximum Gasteiger partial charge on any atom is 0.213 e. The van der Waals surface area contributed by atoms with Crippen molar-refractivity contribution >= 4 is 0 Å². The Bertz CT molecular complexity index is 361. The molecule has 2 N–H and O–H groups in total. The first-order valence-corrected chi connectivity index (χ1v) is 6.72. The van der Waals surface area contributed by atoms with Crippen LogP contribution in [0.3, 0.4) is 0 Å². The number of hydrogen-bond donors (Lipinski definition) is 1. The van der Waals surface area contributed by atoms with Crippen LogP contribution in [0.25, 0.3) is 0 Å². The third kappa shape index (κ3) is 7.40. The first-order valence-electron chi connectivity index (χ1n) is 6.72. The summed E-state index contributed by atoms with van der Waals surface area (Å²) in [5, 5.41) is 0. The van der Waals surface area contributed by atoms with E-state index in [9.17, 15) is 0 Å². The van der Waals surface area contributed by atoms with Gasteiger partial charge in [-0.3, -0.25) is 0 Å². The molecule has 1 unspecified atom stereocenters. The van der Waals surface area contributed by atoms with Gasteiger partial charge in [0, 0.05) is 25.4 Å². The van der Waals surface area contributed by atoms with E-state index in [1.807, 2.05) is 19.1 Å². The van der Waals surface area contributed by atoms with Crippen molar-refractivity contribution in [1.82, 2.24) is 4.98 Å². The molecule has 0 saturated carbocycles. The average molecular weight is 284 g/mol. The molecule has 114 valence electrons. The Hall–Kier alpha value is -1.21. The van der Waals surface area contributed by atoms with Crippen molar-refractivity contribution in [2.75, 3.05) is 46.8 Å². The van der Waals surface area contributed by atoms with Crippen LogP contribution in [-0.4, -0.2) is 51.7 Å². The number of pyridine rings is 1. The molecule has 20 heavy (non-hydrogen) atoms. The van der Waals surface area contributed by atoms with Gasteiger partial charge in [-0.05, 0) is 18.6 Å². The topological polar surface area (TPSA) is 75.8 Å². The van der Waals surface area contributed by atoms with Crippen molar-refractivity contribution in [3.63, 3.8) is 0 Å². The van der Waals surface area contributed by atoms with Crippen molar-refractivity contribution in [1.29, 1.82) is 0 Å². The first kappa shape index (κ1) is 16.8. The van der Waals surface area contributed by atoms with Gasteiger partial charge in [0.15, 0.2) is 0 Å². The van der Waals surface area contributed by atoms with E-state index < -0.39 is 0 Å². The van der Waals surface area contributed by atoms with Crippen LogP contribution in [0.4, 0.5) is 0 Å². The number of hydrogen-bond acceptors (Lipinski definition) is 6. The van der Waals surface area contributed by atoms with Crippen molar-refractivity contribution in [3.8, 4) is 5.88 Å². The number of rotatable bonds is 11. The predicted molar refractivity (Wildman–Crippen MR) is 75.8 cm³/mol. The SMILES string of the molecule is COCCOCCOCCOc1cc(C(C)N)ccn1. The summed E-state index contributed by atoms with van der Waals surface area (Å²) in [5.74, 6) is 0.569. The Balaban J connectivity index is 2.05. The molecule has 1 aromatic rings. The van der Waals surface area contributed by atoms with Crippen LogP contribution in [0.15, 0.2) is 18.3 Å². The highest BCUT2D eigenvalue weighted by molar-refractivity contribution is 5.22. The molecule has 6 nitrogen and oxygen atoms in total. The van der Waals surface area contributed by atoms with Gasteiger partial charge in [-0.2, -0.15) is 0 Å². The molecule has 0 bridgehead atoms. The van der Waals surface area contributed by atoms with Crippen LogP contribution in [0.2, 0.25) is 0 Å². The van der Waals surface area contributed by atoms with Crippen molar-refractivity contribution in [2.45, 2.75) is 13.0 Å². The molecule has 0 aliphatic rings. The van der Waals surface area contributed by atoms with Crippen LogP contribution < -0.4 is 10.5 Å². The van der Waals surface area contributed by atoms with E-state index in [4.69, 9.17) is 24.7 Å². The highest BCUT2D eigenvalue weighted by Crippen LogP contribution is 2.14. The standard InChI is InChI=1S/C14H24N2O4/c1-12(15)13-3-4-16-14(11-13)20-10-9-19-8-7-18-6-5-17-2/h3-4,11-12H,5-10,15H2,1-2H3. The number of nitrogens with two attached hydrogens (primary N) is 1. The van der Waals surface area contributed by atoms with E-state index in [0.717, 1.165) is 5.56 Å². The number of ether oxygens (including phenoxy) is 4. The maximum atomic E-state index is 5.80. The van der Waals surface area contributed by atoms with Crippen molar-refractivity contribution < 1.29 is 18.9 Å². The molecule has 6 heteroatoms. The fourth-order valence-corrected chi connectivity index (χ4v) is 1.46. The molecule has 0 amide bonds. The maximum absolute atomic E-state index is 5.80. The molecule has 1 atom stereocenters. The number of nitrogens with zero attached hydrogens (tertiary/aromatic N) is 1. The molecule has 1 rings (SSSR count). The Morgan fingerprint density at radius 3 is 2.40 bits per heavy atom. The number of aromatic nitrogens is 1. The zero-order valence-electron chi connectivity index (χ0n) is 12.2. The van der Waals surface area contributed by atoms with E-state index in [1.165, 1.54) is 0 Å². The molecule has 1 aromatic heterocycles. The quantitative estimate of drug-likeness (QED) is 0.615. The average Bonchev–Trinajstić information content (AvgIpc) is 2.46. The van der Waals surface area contributed by atoms with E-state index in [0.29, 0.717) is 45.5 Å². The minimum absolute atomic E-state index is 0.0270. The molecule has 0 aliphatic carbocycles. The summed E-state index contributed by atoms with van der Waals surface area (Å²) in [6.07, 6.45) is 1.69. The van der Waals surface area contributed by atoms with Crippen molar-refractivity contribution in [2.24, 2.45) is 5.73 Å². The Morgan fingerprint density at radius 1 is 1.10 bits per heavy atom. The van der Waals surface area contributed by atoms with Gasteiger partial charge in [0.25, 0.3) is 0 Å². The van der Waals surface area contributed by atoms with Crippen molar-refractivity contribution in [3.05, 3.63) is 23.9 Å². The van der Waals surface area contributed by atoms with Gasteiger partial charge >= 0.3 is 0 Å². The first-order chi connectivity index (χ1) is 9.74. The molecule has 0 saturated heterocycles. The lowest BCUT2D eigenvalue weighted by Gasteiger charge is -2.09. The summed E-state index contributed by atoms with van der Waals surface area (Å²) in [6, 6.07) is 3.70. The molecular weight excluding hydrogens is 260 g/mol. The van der Waals surface area contributed by atoms with Gasteiger partial charge < -0.3 is 24.7 Å². The Morgan fingerprint density at radius 2 is 1.75 bits per heavy atom. The van der Waals surface area contributed by atoms with Gasteiger partial charge in [0.2, 0.25) is 5.88 Å². The second-order valence-corrected chi connectivity index (χ2v) is 4.28. The van der Waals surface area contributed by atoms with E-state index in [-0.39, 0.29) is 6.04 Å². The zero-order chi connectivity index (χ0) is 14.6. The molecule has 1 heterocycles. The van der Waals surface area contributed by atoms with Crippen LogP contribution in [-0.2, 0) is 14.2 Å². The van der Waals surface area contributed by atoms with E-state index in [2.05, 4.69) is 4.98 Å². The minimum atomic E-state index is -0.0270. The molecule has 0 fully saturated rings. The summed E-state index contributed by atoms with van der Waals surface area (Å²) in [5.41, 5.74) is 6.80. The van der Waals surface area contributed by atoms with Crippen LogP contribution in [0, 0.1) is 0 Å². The smallest absolute Gasteiger partial charge is 0.213 e. The third-order valence-corrected chi connectivity index (χ3v) is 2.57. The highest BCUT2D eigenvalue weighted by atomic mass is 16.6. The fraction of sp³-hybridized carbons (Fsp3) is 0.643. The fourth-order valence-electron chi connectivity index (χ4n) is 1.46. The summed E-state index contributed by atoms with van der Waals surface area (Å²) in [4.78, 5) is 4.12. The summed E-state index contributed by atoms with van der Waals surface area (Å²) < 4.78 is 21.0. The lowest BCUT2D eigenvalue weighted by molar-refractivity contribution is 0.0176. The van der Waals surface area contributed by atoms with Gasteiger partial charge in [0.1, 0.15) is 6.61 Å². The molecule has 0 aliphatic heterocycles. The lowest BCUT2D eigenvalue weighted by Crippen LogP contribution is -2.13. The van der Waals surface area contributed by atoms with Crippen LogP contribution in [0.5, 0.6) is 5.88 Å².